The lowest BCUT2D eigenvalue weighted by molar-refractivity contribution is -0.153. The van der Waals surface area contributed by atoms with Crippen molar-refractivity contribution >= 4 is 33.5 Å². The highest BCUT2D eigenvalue weighted by Crippen LogP contribution is 2.17. The molecule has 5 heteroatoms. The fourth-order valence-electron chi connectivity index (χ4n) is 1.42. The quantitative estimate of drug-likeness (QED) is 0.363. The van der Waals surface area contributed by atoms with E-state index in [1.54, 1.807) is 32.0 Å². The fourth-order valence-corrected chi connectivity index (χ4v) is 1.78. The highest BCUT2D eigenvalue weighted by atomic mass is 79.9. The smallest absolute Gasteiger partial charge is 0.375 e. The molecule has 0 aromatic heterocycles. The van der Waals surface area contributed by atoms with E-state index >= 15 is 0 Å². The number of esters is 1. The molecule has 0 bridgehead atoms. The van der Waals surface area contributed by atoms with E-state index in [2.05, 4.69) is 20.7 Å². The summed E-state index contributed by atoms with van der Waals surface area (Å²) in [6, 6.07) is 5.21. The lowest BCUT2D eigenvalue weighted by Gasteiger charge is -2.05. The highest BCUT2D eigenvalue weighted by Gasteiger charge is 2.20. The molecule has 18 heavy (non-hydrogen) atoms. The van der Waals surface area contributed by atoms with Gasteiger partial charge in [0.25, 0.3) is 0 Å². The summed E-state index contributed by atoms with van der Waals surface area (Å²) in [6.07, 6.45) is -0.462. The molecule has 0 radical (unpaired) electrons. The molecule has 0 heterocycles. The first kappa shape index (κ1) is 14.6. The van der Waals surface area contributed by atoms with Crippen LogP contribution in [0.1, 0.15) is 29.3 Å². The maximum atomic E-state index is 11.9. The molecule has 1 rings (SSSR count). The Balaban J connectivity index is 2.80. The van der Waals surface area contributed by atoms with E-state index in [1.807, 2.05) is 0 Å². The lowest BCUT2D eigenvalue weighted by atomic mass is 10.0. The van der Waals surface area contributed by atoms with Crippen LogP contribution in [0.3, 0.4) is 0 Å². The summed E-state index contributed by atoms with van der Waals surface area (Å²) in [5.41, 5.74) is 1.20. The van der Waals surface area contributed by atoms with Gasteiger partial charge in [-0.3, -0.25) is 9.59 Å². The summed E-state index contributed by atoms with van der Waals surface area (Å²) in [4.78, 5) is 34.4. The molecule has 0 fully saturated rings. The number of carbonyl (C=O) groups is 3. The van der Waals surface area contributed by atoms with Crippen molar-refractivity contribution in [3.63, 3.8) is 0 Å². The average Bonchev–Trinajstić information content (AvgIpc) is 2.32. The second-order valence-electron chi connectivity index (χ2n) is 3.70. The minimum Gasteiger partial charge on any atom is -0.460 e. The first-order valence-electron chi connectivity index (χ1n) is 5.45. The maximum Gasteiger partial charge on any atom is 0.375 e. The molecular formula is C13H13BrO4. The zero-order valence-electron chi connectivity index (χ0n) is 10.2. The minimum atomic E-state index is -0.960. The minimum absolute atomic E-state index is 0.120. The Morgan fingerprint density at radius 2 is 1.94 bits per heavy atom. The number of halogens is 1. The molecule has 0 aliphatic heterocycles. The third-order valence-corrected chi connectivity index (χ3v) is 2.82. The number of benzene rings is 1. The molecule has 0 saturated heterocycles. The van der Waals surface area contributed by atoms with Gasteiger partial charge in [0.2, 0.25) is 5.78 Å². The maximum absolute atomic E-state index is 11.9. The van der Waals surface area contributed by atoms with E-state index in [0.717, 1.165) is 10.0 Å². The summed E-state index contributed by atoms with van der Waals surface area (Å²) >= 11 is 3.26. The molecule has 96 valence electrons. The van der Waals surface area contributed by atoms with E-state index in [0.29, 0.717) is 5.56 Å². The fraction of sp³-hybridized carbons (Fsp3) is 0.308. The first-order valence-corrected chi connectivity index (χ1v) is 6.24. The Labute approximate surface area is 113 Å². The monoisotopic (exact) mass is 312 g/mol. The van der Waals surface area contributed by atoms with Gasteiger partial charge in [-0.1, -0.05) is 22.0 Å². The van der Waals surface area contributed by atoms with Crippen LogP contribution in [0.15, 0.2) is 22.7 Å². The van der Waals surface area contributed by atoms with Gasteiger partial charge in [0.05, 0.1) is 13.0 Å². The predicted octanol–water partition coefficient (Wildman–Crippen LogP) is 2.46. The average molecular weight is 313 g/mol. The molecule has 1 aromatic carbocycles. The van der Waals surface area contributed by atoms with Crippen LogP contribution in [0, 0.1) is 6.92 Å². The molecule has 0 atom stereocenters. The summed E-state index contributed by atoms with van der Waals surface area (Å²) in [6.45, 7) is 3.49. The zero-order chi connectivity index (χ0) is 13.7. The van der Waals surface area contributed by atoms with Crippen LogP contribution in [0.2, 0.25) is 0 Å². The van der Waals surface area contributed by atoms with Gasteiger partial charge in [-0.05, 0) is 31.5 Å². The van der Waals surface area contributed by atoms with Gasteiger partial charge < -0.3 is 4.74 Å². The van der Waals surface area contributed by atoms with Gasteiger partial charge in [0.1, 0.15) is 0 Å². The van der Waals surface area contributed by atoms with E-state index in [9.17, 15) is 14.4 Å². The summed E-state index contributed by atoms with van der Waals surface area (Å²) in [5.74, 6) is -2.16. The van der Waals surface area contributed by atoms with Crippen molar-refractivity contribution in [2.24, 2.45) is 0 Å². The summed E-state index contributed by atoms with van der Waals surface area (Å²) in [7, 11) is 0. The number of Topliss-reactive ketones (excluding diaryl/α,β-unsaturated/α-hetero) is 2. The molecular weight excluding hydrogens is 300 g/mol. The third kappa shape index (κ3) is 3.77. The molecule has 0 aliphatic rings. The molecule has 1 aromatic rings. The van der Waals surface area contributed by atoms with Crippen LogP contribution in [0.5, 0.6) is 0 Å². The van der Waals surface area contributed by atoms with Crippen LogP contribution >= 0.6 is 15.9 Å². The Hall–Kier alpha value is -1.49. The van der Waals surface area contributed by atoms with Crippen molar-refractivity contribution < 1.29 is 19.1 Å². The van der Waals surface area contributed by atoms with Crippen molar-refractivity contribution in [1.82, 2.24) is 0 Å². The molecule has 0 N–H and O–H groups in total. The second-order valence-corrected chi connectivity index (χ2v) is 4.62. The standard InChI is InChI=1S/C13H13BrO4/c1-3-18-13(17)12(16)7-11(15)10-6-9(14)5-4-8(10)2/h4-6H,3,7H2,1-2H3. The van der Waals surface area contributed by atoms with Crippen molar-refractivity contribution in [2.45, 2.75) is 20.3 Å². The van der Waals surface area contributed by atoms with E-state index in [1.165, 1.54) is 0 Å². The Morgan fingerprint density at radius 1 is 1.28 bits per heavy atom. The predicted molar refractivity (Wildman–Crippen MR) is 69.5 cm³/mol. The van der Waals surface area contributed by atoms with Crippen molar-refractivity contribution in [1.29, 1.82) is 0 Å². The normalized spacial score (nSPS) is 9.94. The van der Waals surface area contributed by atoms with E-state index < -0.39 is 18.2 Å². The number of ether oxygens (including phenoxy) is 1. The van der Waals surface area contributed by atoms with Gasteiger partial charge >= 0.3 is 5.97 Å². The molecule has 0 amide bonds. The van der Waals surface area contributed by atoms with Gasteiger partial charge in [0.15, 0.2) is 5.78 Å². The molecule has 0 unspecified atom stereocenters. The summed E-state index contributed by atoms with van der Waals surface area (Å²) in [5, 5.41) is 0. The SMILES string of the molecule is CCOC(=O)C(=O)CC(=O)c1cc(Br)ccc1C. The Bertz CT molecular complexity index is 494. The van der Waals surface area contributed by atoms with Gasteiger partial charge in [-0.25, -0.2) is 4.79 Å². The summed E-state index contributed by atoms with van der Waals surface area (Å²) < 4.78 is 5.29. The lowest BCUT2D eigenvalue weighted by Crippen LogP contribution is -2.21. The number of ketones is 2. The van der Waals surface area contributed by atoms with Crippen molar-refractivity contribution in [3.05, 3.63) is 33.8 Å². The van der Waals surface area contributed by atoms with Crippen LogP contribution < -0.4 is 0 Å². The zero-order valence-corrected chi connectivity index (χ0v) is 11.7. The van der Waals surface area contributed by atoms with Crippen molar-refractivity contribution in [3.8, 4) is 0 Å². The number of carbonyl (C=O) groups excluding carboxylic acids is 3. The molecule has 4 nitrogen and oxygen atoms in total. The topological polar surface area (TPSA) is 60.4 Å². The van der Waals surface area contributed by atoms with Crippen LogP contribution in [-0.2, 0) is 14.3 Å². The Morgan fingerprint density at radius 3 is 2.56 bits per heavy atom. The highest BCUT2D eigenvalue weighted by molar-refractivity contribution is 9.10. The molecule has 0 saturated carbocycles. The molecule has 0 spiro atoms. The van der Waals surface area contributed by atoms with Gasteiger partial charge in [-0.2, -0.15) is 0 Å². The van der Waals surface area contributed by atoms with Gasteiger partial charge in [0, 0.05) is 10.0 Å². The molecule has 0 aliphatic carbocycles. The van der Waals surface area contributed by atoms with E-state index in [4.69, 9.17) is 0 Å². The third-order valence-electron chi connectivity index (χ3n) is 2.32. The van der Waals surface area contributed by atoms with Crippen LogP contribution in [-0.4, -0.2) is 24.1 Å². The van der Waals surface area contributed by atoms with Crippen LogP contribution in [0.4, 0.5) is 0 Å². The van der Waals surface area contributed by atoms with E-state index in [-0.39, 0.29) is 12.4 Å². The Kier molecular flexibility index (Phi) is 5.22. The largest absolute Gasteiger partial charge is 0.460 e. The number of aryl methyl sites for hydroxylation is 1. The second kappa shape index (κ2) is 6.44. The van der Waals surface area contributed by atoms with Crippen molar-refractivity contribution in [2.75, 3.05) is 6.61 Å². The number of hydrogen-bond acceptors (Lipinski definition) is 4. The van der Waals surface area contributed by atoms with Gasteiger partial charge in [-0.15, -0.1) is 0 Å². The van der Waals surface area contributed by atoms with Crippen LogP contribution in [0.25, 0.3) is 0 Å². The number of rotatable bonds is 5. The number of hydrogen-bond donors (Lipinski definition) is 0. The first-order chi connectivity index (χ1) is 8.45.